The zero-order valence-electron chi connectivity index (χ0n) is 9.70. The Hall–Kier alpha value is -1.10. The van der Waals surface area contributed by atoms with E-state index in [2.05, 4.69) is 5.32 Å². The largest absolute Gasteiger partial charge is 0.481 e. The van der Waals surface area contributed by atoms with E-state index in [0.717, 1.165) is 0 Å². The van der Waals surface area contributed by atoms with Gasteiger partial charge in [0.2, 0.25) is 5.91 Å². The highest BCUT2D eigenvalue weighted by molar-refractivity contribution is 5.82. The highest BCUT2D eigenvalue weighted by atomic mass is 16.4. The van der Waals surface area contributed by atoms with Gasteiger partial charge in [0.25, 0.3) is 0 Å². The molecule has 0 aliphatic carbocycles. The molecule has 88 valence electrons. The molecule has 1 atom stereocenters. The number of nitrogens with one attached hydrogen (secondary N) is 1. The molecule has 0 saturated heterocycles. The molecule has 0 rings (SSSR count). The zero-order chi connectivity index (χ0) is 12.2. The van der Waals surface area contributed by atoms with Crippen LogP contribution >= 0.6 is 0 Å². The van der Waals surface area contributed by atoms with Crippen LogP contribution in [0, 0.1) is 11.3 Å². The third-order valence-electron chi connectivity index (χ3n) is 2.30. The number of nitrogens with two attached hydrogens (primary N) is 1. The molecule has 5 heteroatoms. The zero-order valence-corrected chi connectivity index (χ0v) is 9.70. The van der Waals surface area contributed by atoms with E-state index in [1.54, 1.807) is 13.8 Å². The minimum atomic E-state index is -0.966. The molecule has 0 radical (unpaired) electrons. The van der Waals surface area contributed by atoms with Crippen molar-refractivity contribution < 1.29 is 14.7 Å². The second-order valence-electron chi connectivity index (χ2n) is 4.68. The first-order valence-corrected chi connectivity index (χ1v) is 4.95. The molecule has 0 heterocycles. The summed E-state index contributed by atoms with van der Waals surface area (Å²) in [6.45, 7) is 6.87. The summed E-state index contributed by atoms with van der Waals surface area (Å²) in [5.41, 5.74) is 4.64. The smallest absolute Gasteiger partial charge is 0.310 e. The monoisotopic (exact) mass is 216 g/mol. The summed E-state index contributed by atoms with van der Waals surface area (Å²) >= 11 is 0. The minimum absolute atomic E-state index is 0.0398. The van der Waals surface area contributed by atoms with Gasteiger partial charge < -0.3 is 16.2 Å². The molecule has 0 aliphatic heterocycles. The molecule has 5 nitrogen and oxygen atoms in total. The van der Waals surface area contributed by atoms with Crippen molar-refractivity contribution in [2.45, 2.75) is 33.7 Å². The van der Waals surface area contributed by atoms with Crippen LogP contribution in [-0.2, 0) is 9.59 Å². The van der Waals surface area contributed by atoms with Crippen molar-refractivity contribution in [3.05, 3.63) is 0 Å². The van der Waals surface area contributed by atoms with Crippen molar-refractivity contribution in [1.82, 2.24) is 5.32 Å². The third-order valence-corrected chi connectivity index (χ3v) is 2.30. The van der Waals surface area contributed by atoms with Gasteiger partial charge in [-0.3, -0.25) is 9.59 Å². The Balaban J connectivity index is 4.18. The first-order chi connectivity index (χ1) is 6.68. The summed E-state index contributed by atoms with van der Waals surface area (Å²) in [5, 5.41) is 11.4. The van der Waals surface area contributed by atoms with Crippen LogP contribution in [-0.4, -0.2) is 29.6 Å². The summed E-state index contributed by atoms with van der Waals surface area (Å²) in [7, 11) is 0. The predicted octanol–water partition coefficient (Wildman–Crippen LogP) is 0.197. The van der Waals surface area contributed by atoms with E-state index < -0.39 is 17.4 Å². The molecular formula is C10H20N2O3. The molecule has 0 spiro atoms. The number of carbonyl (C=O) groups excluding carboxylic acids is 1. The summed E-state index contributed by atoms with van der Waals surface area (Å²) in [6.07, 6.45) is 0. The Kier molecular flexibility index (Phi) is 4.74. The van der Waals surface area contributed by atoms with Crippen molar-refractivity contribution in [3.8, 4) is 0 Å². The van der Waals surface area contributed by atoms with Crippen molar-refractivity contribution in [1.29, 1.82) is 0 Å². The number of carbonyl (C=O) groups is 2. The van der Waals surface area contributed by atoms with Gasteiger partial charge in [-0.2, -0.15) is 0 Å². The van der Waals surface area contributed by atoms with Crippen LogP contribution in [0.1, 0.15) is 27.7 Å². The van der Waals surface area contributed by atoms with Gasteiger partial charge in [-0.15, -0.1) is 0 Å². The van der Waals surface area contributed by atoms with Crippen LogP contribution in [0.5, 0.6) is 0 Å². The standard InChI is InChI=1S/C10H20N2O3/c1-6(2)7(11)8(13)12-5-10(3,4)9(14)15/h6-7H,5,11H2,1-4H3,(H,12,13)(H,14,15)/t7-/m0/s1. The van der Waals surface area contributed by atoms with Gasteiger partial charge in [0.05, 0.1) is 11.5 Å². The normalized spacial score (nSPS) is 13.7. The average Bonchev–Trinajstić information content (AvgIpc) is 2.12. The molecule has 0 aromatic rings. The van der Waals surface area contributed by atoms with E-state index in [1.807, 2.05) is 13.8 Å². The fourth-order valence-electron chi connectivity index (χ4n) is 0.804. The fraction of sp³-hybridized carbons (Fsp3) is 0.800. The van der Waals surface area contributed by atoms with Crippen molar-refractivity contribution >= 4 is 11.9 Å². The van der Waals surface area contributed by atoms with Crippen LogP contribution < -0.4 is 11.1 Å². The van der Waals surface area contributed by atoms with Crippen LogP contribution in [0.3, 0.4) is 0 Å². The van der Waals surface area contributed by atoms with Gasteiger partial charge >= 0.3 is 5.97 Å². The number of aliphatic carboxylic acids is 1. The lowest BCUT2D eigenvalue weighted by Gasteiger charge is -2.22. The number of hydrogen-bond acceptors (Lipinski definition) is 3. The Morgan fingerprint density at radius 3 is 2.20 bits per heavy atom. The fourth-order valence-corrected chi connectivity index (χ4v) is 0.804. The van der Waals surface area contributed by atoms with E-state index in [-0.39, 0.29) is 18.4 Å². The first-order valence-electron chi connectivity index (χ1n) is 4.95. The molecule has 0 unspecified atom stereocenters. The van der Waals surface area contributed by atoms with Crippen molar-refractivity contribution in [3.63, 3.8) is 0 Å². The summed E-state index contributed by atoms with van der Waals surface area (Å²) in [6, 6.07) is -0.588. The van der Waals surface area contributed by atoms with Crippen molar-refractivity contribution in [2.24, 2.45) is 17.1 Å². The van der Waals surface area contributed by atoms with Crippen LogP contribution in [0.15, 0.2) is 0 Å². The molecule has 15 heavy (non-hydrogen) atoms. The van der Waals surface area contributed by atoms with Gasteiger partial charge in [0, 0.05) is 6.54 Å². The van der Waals surface area contributed by atoms with E-state index in [4.69, 9.17) is 10.8 Å². The molecule has 0 aromatic heterocycles. The van der Waals surface area contributed by atoms with E-state index in [0.29, 0.717) is 0 Å². The van der Waals surface area contributed by atoms with Gasteiger partial charge in [0.15, 0.2) is 0 Å². The molecule has 0 saturated carbocycles. The lowest BCUT2D eigenvalue weighted by atomic mass is 9.93. The predicted molar refractivity (Wildman–Crippen MR) is 57.2 cm³/mol. The van der Waals surface area contributed by atoms with Crippen molar-refractivity contribution in [2.75, 3.05) is 6.54 Å². The SMILES string of the molecule is CC(C)[C@H](N)C(=O)NCC(C)(C)C(=O)O. The first kappa shape index (κ1) is 13.9. The Morgan fingerprint density at radius 2 is 1.87 bits per heavy atom. The molecule has 0 bridgehead atoms. The van der Waals surface area contributed by atoms with E-state index >= 15 is 0 Å². The number of hydrogen-bond donors (Lipinski definition) is 3. The minimum Gasteiger partial charge on any atom is -0.481 e. The van der Waals surface area contributed by atoms with E-state index in [1.165, 1.54) is 0 Å². The second-order valence-corrected chi connectivity index (χ2v) is 4.68. The Bertz CT molecular complexity index is 249. The molecule has 0 aromatic carbocycles. The van der Waals surface area contributed by atoms with Gasteiger partial charge in [-0.05, 0) is 19.8 Å². The van der Waals surface area contributed by atoms with Gasteiger partial charge in [-0.25, -0.2) is 0 Å². The van der Waals surface area contributed by atoms with Gasteiger partial charge in [-0.1, -0.05) is 13.8 Å². The Morgan fingerprint density at radius 1 is 1.40 bits per heavy atom. The molecule has 1 amide bonds. The number of rotatable bonds is 5. The van der Waals surface area contributed by atoms with Crippen LogP contribution in [0.25, 0.3) is 0 Å². The summed E-state index contributed by atoms with van der Waals surface area (Å²) < 4.78 is 0. The molecule has 0 fully saturated rings. The summed E-state index contributed by atoms with van der Waals surface area (Å²) in [5.74, 6) is -1.21. The summed E-state index contributed by atoms with van der Waals surface area (Å²) in [4.78, 5) is 22.2. The highest BCUT2D eigenvalue weighted by Crippen LogP contribution is 2.13. The average molecular weight is 216 g/mol. The third kappa shape index (κ3) is 4.29. The maximum absolute atomic E-state index is 11.4. The lowest BCUT2D eigenvalue weighted by Crippen LogP contribution is -2.48. The molecule has 0 aliphatic rings. The van der Waals surface area contributed by atoms with Crippen LogP contribution in [0.4, 0.5) is 0 Å². The lowest BCUT2D eigenvalue weighted by molar-refractivity contribution is -0.146. The quantitative estimate of drug-likeness (QED) is 0.612. The number of carboxylic acid groups (broad SMARTS) is 1. The van der Waals surface area contributed by atoms with Crippen LogP contribution in [0.2, 0.25) is 0 Å². The van der Waals surface area contributed by atoms with Gasteiger partial charge in [0.1, 0.15) is 0 Å². The number of amides is 1. The topological polar surface area (TPSA) is 92.4 Å². The molecular weight excluding hydrogens is 196 g/mol. The highest BCUT2D eigenvalue weighted by Gasteiger charge is 2.28. The van der Waals surface area contributed by atoms with E-state index in [9.17, 15) is 9.59 Å². The maximum Gasteiger partial charge on any atom is 0.310 e. The molecule has 4 N–H and O–H groups in total. The second kappa shape index (κ2) is 5.11. The Labute approximate surface area is 90.0 Å². The maximum atomic E-state index is 11.4. The number of carboxylic acids is 1.